The fourth-order valence-corrected chi connectivity index (χ4v) is 1.69. The quantitative estimate of drug-likeness (QED) is 0.610. The highest BCUT2D eigenvalue weighted by atomic mass is 19.1. The molecule has 20 heavy (non-hydrogen) atoms. The van der Waals surface area contributed by atoms with Gasteiger partial charge in [0.25, 0.3) is 0 Å². The van der Waals surface area contributed by atoms with E-state index >= 15 is 0 Å². The summed E-state index contributed by atoms with van der Waals surface area (Å²) in [5.41, 5.74) is 4.65. The zero-order valence-electron chi connectivity index (χ0n) is 11.3. The van der Waals surface area contributed by atoms with E-state index in [9.17, 15) is 19.3 Å². The zero-order valence-corrected chi connectivity index (χ0v) is 11.3. The predicted octanol–water partition coefficient (Wildman–Crippen LogP) is 1.66. The van der Waals surface area contributed by atoms with Crippen molar-refractivity contribution >= 4 is 17.3 Å². The summed E-state index contributed by atoms with van der Waals surface area (Å²) in [6.07, 6.45) is 0. The van der Waals surface area contributed by atoms with Crippen LogP contribution in [0, 0.1) is 21.8 Å². The van der Waals surface area contributed by atoms with Gasteiger partial charge in [0.05, 0.1) is 23.8 Å². The molecule has 0 saturated heterocycles. The highest BCUT2D eigenvalue weighted by Gasteiger charge is 2.24. The predicted molar refractivity (Wildman–Crippen MR) is 71.0 cm³/mol. The first-order chi connectivity index (χ1) is 9.27. The molecule has 0 fully saturated rings. The summed E-state index contributed by atoms with van der Waals surface area (Å²) in [7, 11) is 1.23. The maximum absolute atomic E-state index is 13.8. The molecule has 0 aromatic heterocycles. The largest absolute Gasteiger partial charge is 0.490 e. The monoisotopic (exact) mass is 285 g/mol. The van der Waals surface area contributed by atoms with Crippen molar-refractivity contribution in [3.05, 3.63) is 28.1 Å². The highest BCUT2D eigenvalue weighted by molar-refractivity contribution is 5.83. The molecule has 0 aliphatic rings. The first kappa shape index (κ1) is 15.7. The molecular weight excluding hydrogens is 269 g/mol. The van der Waals surface area contributed by atoms with Gasteiger partial charge in [0.15, 0.2) is 11.6 Å². The number of nitrogens with one attached hydrogen (secondary N) is 1. The van der Waals surface area contributed by atoms with Crippen LogP contribution in [0.4, 0.5) is 15.8 Å². The average molecular weight is 285 g/mol. The fraction of sp³-hybridized carbons (Fsp3) is 0.417. The van der Waals surface area contributed by atoms with Crippen LogP contribution in [-0.4, -0.2) is 24.0 Å². The fourth-order valence-electron chi connectivity index (χ4n) is 1.69. The van der Waals surface area contributed by atoms with Crippen LogP contribution in [0.25, 0.3) is 0 Å². The van der Waals surface area contributed by atoms with Crippen molar-refractivity contribution in [2.45, 2.75) is 19.9 Å². The number of amides is 1. The summed E-state index contributed by atoms with van der Waals surface area (Å²) >= 11 is 0. The van der Waals surface area contributed by atoms with Crippen molar-refractivity contribution < 1.29 is 18.8 Å². The molecule has 8 heteroatoms. The van der Waals surface area contributed by atoms with Gasteiger partial charge in [-0.25, -0.2) is 4.39 Å². The van der Waals surface area contributed by atoms with Crippen LogP contribution in [-0.2, 0) is 4.79 Å². The second kappa shape index (κ2) is 6.18. The normalized spacial score (nSPS) is 12.1. The minimum atomic E-state index is -0.857. The Kier molecular flexibility index (Phi) is 4.84. The SMILES string of the molecule is COc1cc(NC(C(N)=O)C(C)C)c(F)cc1[N+](=O)[O-]. The van der Waals surface area contributed by atoms with E-state index in [1.807, 2.05) is 0 Å². The Morgan fingerprint density at radius 3 is 2.50 bits per heavy atom. The summed E-state index contributed by atoms with van der Waals surface area (Å²) in [5, 5.41) is 13.4. The Balaban J connectivity index is 3.19. The van der Waals surface area contributed by atoms with E-state index in [2.05, 4.69) is 5.32 Å². The molecule has 0 radical (unpaired) electrons. The van der Waals surface area contributed by atoms with E-state index in [0.29, 0.717) is 0 Å². The van der Waals surface area contributed by atoms with E-state index in [1.54, 1.807) is 13.8 Å². The van der Waals surface area contributed by atoms with E-state index in [4.69, 9.17) is 10.5 Å². The van der Waals surface area contributed by atoms with E-state index in [-0.39, 0.29) is 17.4 Å². The van der Waals surface area contributed by atoms with E-state index in [1.165, 1.54) is 7.11 Å². The van der Waals surface area contributed by atoms with Crippen LogP contribution in [0.2, 0.25) is 0 Å². The zero-order chi connectivity index (χ0) is 15.4. The molecular formula is C12H16FN3O4. The molecule has 1 atom stereocenters. The molecule has 1 aromatic rings. The van der Waals surface area contributed by atoms with Crippen LogP contribution in [0.15, 0.2) is 12.1 Å². The molecule has 110 valence electrons. The number of rotatable bonds is 6. The third kappa shape index (κ3) is 3.34. The number of carbonyl (C=O) groups is 1. The smallest absolute Gasteiger partial charge is 0.313 e. The third-order valence-corrected chi connectivity index (χ3v) is 2.75. The Hall–Kier alpha value is -2.38. The first-order valence-electron chi connectivity index (χ1n) is 5.85. The van der Waals surface area contributed by atoms with Crippen molar-refractivity contribution in [3.63, 3.8) is 0 Å². The molecule has 0 heterocycles. The van der Waals surface area contributed by atoms with Gasteiger partial charge in [-0.3, -0.25) is 14.9 Å². The Morgan fingerprint density at radius 2 is 2.10 bits per heavy atom. The standard InChI is InChI=1S/C12H16FN3O4/c1-6(2)11(12(14)17)15-8-5-10(20-3)9(16(18)19)4-7(8)13/h4-6,11,15H,1-3H3,(H2,14,17). The van der Waals surface area contributed by atoms with Gasteiger partial charge in [-0.05, 0) is 5.92 Å². The number of benzene rings is 1. The highest BCUT2D eigenvalue weighted by Crippen LogP contribution is 2.32. The third-order valence-electron chi connectivity index (χ3n) is 2.75. The number of methoxy groups -OCH3 is 1. The number of primary amides is 1. The average Bonchev–Trinajstić information content (AvgIpc) is 2.35. The number of carbonyl (C=O) groups excluding carboxylic acids is 1. The molecule has 1 rings (SSSR count). The van der Waals surface area contributed by atoms with Crippen molar-refractivity contribution in [2.75, 3.05) is 12.4 Å². The molecule has 1 unspecified atom stereocenters. The van der Waals surface area contributed by atoms with E-state index in [0.717, 1.165) is 12.1 Å². The second-order valence-electron chi connectivity index (χ2n) is 4.53. The lowest BCUT2D eigenvalue weighted by Crippen LogP contribution is -2.39. The maximum Gasteiger partial charge on any atom is 0.313 e. The molecule has 0 saturated carbocycles. The molecule has 3 N–H and O–H groups in total. The Morgan fingerprint density at radius 1 is 1.50 bits per heavy atom. The number of nitro groups is 1. The number of halogens is 1. The van der Waals surface area contributed by atoms with Gasteiger partial charge in [0.1, 0.15) is 6.04 Å². The summed E-state index contributed by atoms with van der Waals surface area (Å²) in [5.74, 6) is -1.78. The van der Waals surface area contributed by atoms with Crippen LogP contribution in [0.3, 0.4) is 0 Å². The second-order valence-corrected chi connectivity index (χ2v) is 4.53. The molecule has 0 spiro atoms. The lowest BCUT2D eigenvalue weighted by Gasteiger charge is -2.20. The van der Waals surface area contributed by atoms with Crippen molar-refractivity contribution in [3.8, 4) is 5.75 Å². The summed E-state index contributed by atoms with van der Waals surface area (Å²) in [4.78, 5) is 21.3. The number of hydrogen-bond donors (Lipinski definition) is 2. The Labute approximate surface area is 115 Å². The Bertz CT molecular complexity index is 534. The number of nitrogens with zero attached hydrogens (tertiary/aromatic N) is 1. The van der Waals surface area contributed by atoms with Gasteiger partial charge < -0.3 is 15.8 Å². The van der Waals surface area contributed by atoms with Gasteiger partial charge in [-0.1, -0.05) is 13.8 Å². The van der Waals surface area contributed by atoms with Gasteiger partial charge in [0, 0.05) is 6.07 Å². The van der Waals surface area contributed by atoms with Gasteiger partial charge in [-0.2, -0.15) is 0 Å². The van der Waals surface area contributed by atoms with Gasteiger partial charge >= 0.3 is 5.69 Å². The first-order valence-corrected chi connectivity index (χ1v) is 5.85. The van der Waals surface area contributed by atoms with Gasteiger partial charge in [-0.15, -0.1) is 0 Å². The number of nitrogens with two attached hydrogens (primary N) is 1. The molecule has 0 bridgehead atoms. The maximum atomic E-state index is 13.8. The van der Waals surface area contributed by atoms with Crippen LogP contribution in [0.1, 0.15) is 13.8 Å². The number of ether oxygens (including phenoxy) is 1. The minimum absolute atomic E-state index is 0.0787. The number of anilines is 1. The lowest BCUT2D eigenvalue weighted by atomic mass is 10.0. The molecule has 1 aromatic carbocycles. The van der Waals surface area contributed by atoms with Crippen molar-refractivity contribution in [1.29, 1.82) is 0 Å². The van der Waals surface area contributed by atoms with Crippen LogP contribution >= 0.6 is 0 Å². The van der Waals surface area contributed by atoms with Crippen LogP contribution < -0.4 is 15.8 Å². The minimum Gasteiger partial charge on any atom is -0.490 e. The summed E-state index contributed by atoms with van der Waals surface area (Å²) in [6, 6.07) is 1.07. The van der Waals surface area contributed by atoms with Crippen molar-refractivity contribution in [2.24, 2.45) is 11.7 Å². The summed E-state index contributed by atoms with van der Waals surface area (Å²) in [6.45, 7) is 3.48. The molecule has 0 aliphatic carbocycles. The van der Waals surface area contributed by atoms with Crippen molar-refractivity contribution in [1.82, 2.24) is 0 Å². The van der Waals surface area contributed by atoms with Crippen LogP contribution in [0.5, 0.6) is 5.75 Å². The van der Waals surface area contributed by atoms with Gasteiger partial charge in [0.2, 0.25) is 5.91 Å². The topological polar surface area (TPSA) is 107 Å². The number of hydrogen-bond acceptors (Lipinski definition) is 5. The molecule has 1 amide bonds. The molecule has 7 nitrogen and oxygen atoms in total. The number of nitro benzene ring substituents is 1. The van der Waals surface area contributed by atoms with E-state index < -0.39 is 28.4 Å². The molecule has 0 aliphatic heterocycles. The lowest BCUT2D eigenvalue weighted by molar-refractivity contribution is -0.385. The summed E-state index contributed by atoms with van der Waals surface area (Å²) < 4.78 is 18.7.